The maximum atomic E-state index is 10.3. The van der Waals surface area contributed by atoms with Gasteiger partial charge < -0.3 is 19.7 Å². The summed E-state index contributed by atoms with van der Waals surface area (Å²) in [6, 6.07) is 0. The van der Waals surface area contributed by atoms with Crippen molar-refractivity contribution in [1.29, 1.82) is 0 Å². The van der Waals surface area contributed by atoms with Gasteiger partial charge in [0.2, 0.25) is 0 Å². The first-order chi connectivity index (χ1) is 5.16. The number of carbonyl (C=O) groups excluding carboxylic acids is 1. The lowest BCUT2D eigenvalue weighted by Crippen LogP contribution is -2.48. The van der Waals surface area contributed by atoms with Crippen LogP contribution in [0.25, 0.3) is 0 Å². The quantitative estimate of drug-likeness (QED) is 0.480. The molecule has 0 aliphatic carbocycles. The Bertz CT molecular complexity index is 147. The first-order valence-corrected chi connectivity index (χ1v) is 3.60. The number of carbonyl (C=O) groups is 1. The van der Waals surface area contributed by atoms with E-state index < -0.39 is 18.3 Å². The maximum Gasteiger partial charge on any atom is 0.149 e. The fraction of sp³-hybridized carbons (Fsp3) is 0.857. The van der Waals surface area contributed by atoms with Gasteiger partial charge in [0.25, 0.3) is 0 Å². The van der Waals surface area contributed by atoms with Gasteiger partial charge in [-0.2, -0.15) is 0 Å². The fourth-order valence-electron chi connectivity index (χ4n) is 1.17. The topological polar surface area (TPSA) is 66.8 Å². The van der Waals surface area contributed by atoms with Gasteiger partial charge in [0.05, 0.1) is 12.7 Å². The molecule has 1 heterocycles. The summed E-state index contributed by atoms with van der Waals surface area (Å²) < 4.78 is 4.94. The van der Waals surface area contributed by atoms with E-state index in [9.17, 15) is 9.90 Å². The maximum absolute atomic E-state index is 10.3. The van der Waals surface area contributed by atoms with Gasteiger partial charge in [-0.3, -0.25) is 0 Å². The third-order valence-corrected chi connectivity index (χ3v) is 2.04. The molecule has 11 heavy (non-hydrogen) atoms. The van der Waals surface area contributed by atoms with E-state index in [0.717, 1.165) is 0 Å². The van der Waals surface area contributed by atoms with Crippen molar-refractivity contribution in [1.82, 2.24) is 0 Å². The molecular weight excluding hydrogens is 148 g/mol. The molecule has 4 nitrogen and oxygen atoms in total. The predicted molar refractivity (Wildman–Crippen MR) is 37.0 cm³/mol. The number of rotatable bonds is 1. The second kappa shape index (κ2) is 3.30. The molecule has 1 saturated heterocycles. The van der Waals surface area contributed by atoms with Gasteiger partial charge in [-0.05, 0) is 0 Å². The van der Waals surface area contributed by atoms with Gasteiger partial charge in [0.1, 0.15) is 18.5 Å². The third kappa shape index (κ3) is 1.58. The molecule has 2 N–H and O–H groups in total. The van der Waals surface area contributed by atoms with Crippen molar-refractivity contribution in [3.05, 3.63) is 0 Å². The highest BCUT2D eigenvalue weighted by Gasteiger charge is 2.35. The van der Waals surface area contributed by atoms with Crippen molar-refractivity contribution in [2.75, 3.05) is 6.61 Å². The molecule has 0 aromatic carbocycles. The second-order valence-corrected chi connectivity index (χ2v) is 2.85. The lowest BCUT2D eigenvalue weighted by molar-refractivity contribution is -0.159. The van der Waals surface area contributed by atoms with Gasteiger partial charge >= 0.3 is 0 Å². The highest BCUT2D eigenvalue weighted by atomic mass is 16.5. The van der Waals surface area contributed by atoms with Crippen molar-refractivity contribution in [2.45, 2.75) is 25.2 Å². The molecule has 0 radical (unpaired) electrons. The van der Waals surface area contributed by atoms with Crippen molar-refractivity contribution >= 4 is 6.29 Å². The van der Waals surface area contributed by atoms with Crippen LogP contribution in [0.1, 0.15) is 6.92 Å². The van der Waals surface area contributed by atoms with Crippen LogP contribution in [0.2, 0.25) is 0 Å². The number of ether oxygens (including phenoxy) is 1. The van der Waals surface area contributed by atoms with Gasteiger partial charge in [-0.25, -0.2) is 0 Å². The van der Waals surface area contributed by atoms with Crippen LogP contribution < -0.4 is 0 Å². The van der Waals surface area contributed by atoms with Crippen molar-refractivity contribution in [3.8, 4) is 0 Å². The summed E-state index contributed by atoms with van der Waals surface area (Å²) >= 11 is 0. The SMILES string of the molecule is C[C@@H]1[C@H](O)[C@@H](O)CO[C@@H]1C=O. The molecular formula is C7H12O4. The molecule has 0 bridgehead atoms. The Morgan fingerprint density at radius 1 is 1.55 bits per heavy atom. The van der Waals surface area contributed by atoms with E-state index in [1.54, 1.807) is 6.92 Å². The first kappa shape index (κ1) is 8.64. The number of aliphatic hydroxyl groups excluding tert-OH is 2. The zero-order valence-corrected chi connectivity index (χ0v) is 6.30. The fourth-order valence-corrected chi connectivity index (χ4v) is 1.17. The summed E-state index contributed by atoms with van der Waals surface area (Å²) in [4.78, 5) is 10.3. The number of aliphatic hydroxyl groups is 2. The van der Waals surface area contributed by atoms with E-state index in [0.29, 0.717) is 6.29 Å². The Kier molecular flexibility index (Phi) is 2.59. The molecule has 1 fully saturated rings. The zero-order chi connectivity index (χ0) is 8.43. The summed E-state index contributed by atoms with van der Waals surface area (Å²) in [6.07, 6.45) is -1.63. The minimum absolute atomic E-state index is 0.0366. The van der Waals surface area contributed by atoms with Gasteiger partial charge in [-0.15, -0.1) is 0 Å². The standard InChI is InChI=1S/C7H12O4/c1-4-6(2-8)11-3-5(9)7(4)10/h2,4-7,9-10H,3H2,1H3/t4-,5-,6+,7-/m0/s1. The largest absolute Gasteiger partial charge is 0.390 e. The van der Waals surface area contributed by atoms with E-state index >= 15 is 0 Å². The normalized spacial score (nSPS) is 45.4. The number of hydrogen-bond acceptors (Lipinski definition) is 4. The minimum atomic E-state index is -0.860. The van der Waals surface area contributed by atoms with E-state index in [2.05, 4.69) is 0 Å². The minimum Gasteiger partial charge on any atom is -0.390 e. The van der Waals surface area contributed by atoms with Crippen LogP contribution in [0.15, 0.2) is 0 Å². The summed E-state index contributed by atoms with van der Waals surface area (Å²) in [5.74, 6) is -0.323. The first-order valence-electron chi connectivity index (χ1n) is 3.60. The van der Waals surface area contributed by atoms with Gasteiger partial charge in [0.15, 0.2) is 0 Å². The van der Waals surface area contributed by atoms with Crippen LogP contribution >= 0.6 is 0 Å². The Labute approximate surface area is 64.8 Å². The summed E-state index contributed by atoms with van der Waals surface area (Å²) in [5, 5.41) is 18.3. The average Bonchev–Trinajstić information content (AvgIpc) is 2.01. The van der Waals surface area contributed by atoms with Crippen LogP contribution in [0, 0.1) is 5.92 Å². The van der Waals surface area contributed by atoms with E-state index in [1.807, 2.05) is 0 Å². The monoisotopic (exact) mass is 160 g/mol. The van der Waals surface area contributed by atoms with Crippen molar-refractivity contribution in [3.63, 3.8) is 0 Å². The molecule has 1 aliphatic rings. The zero-order valence-electron chi connectivity index (χ0n) is 6.30. The van der Waals surface area contributed by atoms with E-state index in [4.69, 9.17) is 9.84 Å². The van der Waals surface area contributed by atoms with Crippen molar-refractivity contribution < 1.29 is 19.7 Å². The highest BCUT2D eigenvalue weighted by molar-refractivity contribution is 5.56. The van der Waals surface area contributed by atoms with E-state index in [-0.39, 0.29) is 12.5 Å². The summed E-state index contributed by atoms with van der Waals surface area (Å²) in [6.45, 7) is 1.71. The molecule has 0 saturated carbocycles. The summed E-state index contributed by atoms with van der Waals surface area (Å²) in [5.41, 5.74) is 0. The van der Waals surface area contributed by atoms with E-state index in [1.165, 1.54) is 0 Å². The van der Waals surface area contributed by atoms with Crippen LogP contribution in [-0.2, 0) is 9.53 Å². The predicted octanol–water partition coefficient (Wildman–Crippen LogP) is -1.06. The second-order valence-electron chi connectivity index (χ2n) is 2.85. The molecule has 0 amide bonds. The molecule has 0 aromatic rings. The molecule has 4 heteroatoms. The Hall–Kier alpha value is -0.450. The van der Waals surface area contributed by atoms with Crippen LogP contribution in [0.5, 0.6) is 0 Å². The average molecular weight is 160 g/mol. The molecule has 64 valence electrons. The van der Waals surface area contributed by atoms with Gasteiger partial charge in [-0.1, -0.05) is 6.92 Å². The summed E-state index contributed by atoms with van der Waals surface area (Å²) in [7, 11) is 0. The van der Waals surface area contributed by atoms with Gasteiger partial charge in [0, 0.05) is 5.92 Å². The lowest BCUT2D eigenvalue weighted by Gasteiger charge is -2.33. The molecule has 0 aromatic heterocycles. The Morgan fingerprint density at radius 3 is 2.73 bits per heavy atom. The third-order valence-electron chi connectivity index (χ3n) is 2.04. The lowest BCUT2D eigenvalue weighted by atomic mass is 9.92. The number of hydrogen-bond donors (Lipinski definition) is 2. The van der Waals surface area contributed by atoms with Crippen molar-refractivity contribution in [2.24, 2.45) is 5.92 Å². The molecule has 1 aliphatic heterocycles. The molecule has 0 unspecified atom stereocenters. The number of aldehydes is 1. The van der Waals surface area contributed by atoms with Crippen LogP contribution in [0.3, 0.4) is 0 Å². The molecule has 1 rings (SSSR count). The Morgan fingerprint density at radius 2 is 2.18 bits per heavy atom. The molecule has 0 spiro atoms. The van der Waals surface area contributed by atoms with Crippen LogP contribution in [-0.4, -0.2) is 41.4 Å². The highest BCUT2D eigenvalue weighted by Crippen LogP contribution is 2.19. The Balaban J connectivity index is 2.58. The molecule has 4 atom stereocenters. The van der Waals surface area contributed by atoms with Crippen LogP contribution in [0.4, 0.5) is 0 Å². The smallest absolute Gasteiger partial charge is 0.149 e.